The summed E-state index contributed by atoms with van der Waals surface area (Å²) in [5, 5.41) is 9.16. The zero-order valence-electron chi connectivity index (χ0n) is 19.3. The first-order chi connectivity index (χ1) is 15.7. The molecule has 0 aliphatic carbocycles. The monoisotopic (exact) mass is 486 g/mol. The first-order valence-corrected chi connectivity index (χ1v) is 14.0. The van der Waals surface area contributed by atoms with Gasteiger partial charge >= 0.3 is 0 Å². The first-order valence-electron chi connectivity index (χ1n) is 11.2. The molecule has 0 radical (unpaired) electrons. The number of sulfone groups is 1. The number of thioether (sulfide) groups is 1. The van der Waals surface area contributed by atoms with Crippen molar-refractivity contribution in [2.75, 3.05) is 17.3 Å². The number of aromatic nitrogens is 4. The van der Waals surface area contributed by atoms with E-state index in [1.807, 2.05) is 49.7 Å². The van der Waals surface area contributed by atoms with E-state index in [2.05, 4.69) is 26.9 Å². The number of carbonyl (C=O) groups excluding carboxylic acids is 1. The number of rotatable bonds is 9. The van der Waals surface area contributed by atoms with Crippen LogP contribution in [0.15, 0.2) is 41.6 Å². The average molecular weight is 487 g/mol. The molecule has 1 aliphatic rings. The quantitative estimate of drug-likeness (QED) is 0.340. The second-order valence-corrected chi connectivity index (χ2v) is 12.0. The molecule has 4 rings (SSSR count). The summed E-state index contributed by atoms with van der Waals surface area (Å²) in [4.78, 5) is 13.0. The highest BCUT2D eigenvalue weighted by Gasteiger charge is 2.29. The minimum atomic E-state index is -2.91. The Hall–Kier alpha value is -2.39. The summed E-state index contributed by atoms with van der Waals surface area (Å²) in [6.45, 7) is 4.89. The normalized spacial score (nSPS) is 17.5. The van der Waals surface area contributed by atoms with E-state index in [1.54, 1.807) is 0 Å². The second kappa shape index (κ2) is 9.85. The maximum atomic E-state index is 13.0. The fourth-order valence-corrected chi connectivity index (χ4v) is 7.14. The molecule has 1 aromatic carbocycles. The number of hydrogen-bond donors (Lipinski definition) is 0. The lowest BCUT2D eigenvalue weighted by Crippen LogP contribution is -2.11. The van der Waals surface area contributed by atoms with Gasteiger partial charge < -0.3 is 9.13 Å². The minimum absolute atomic E-state index is 0.0745. The van der Waals surface area contributed by atoms with E-state index in [0.717, 1.165) is 35.7 Å². The van der Waals surface area contributed by atoms with Crippen LogP contribution in [0.4, 0.5) is 0 Å². The highest BCUT2D eigenvalue weighted by molar-refractivity contribution is 7.99. The molecule has 0 spiro atoms. The van der Waals surface area contributed by atoms with Gasteiger partial charge in [-0.2, -0.15) is 0 Å². The summed E-state index contributed by atoms with van der Waals surface area (Å²) < 4.78 is 27.5. The molecule has 3 aromatic rings. The van der Waals surface area contributed by atoms with E-state index in [0.29, 0.717) is 18.0 Å². The predicted octanol–water partition coefficient (Wildman–Crippen LogP) is 3.43. The van der Waals surface area contributed by atoms with Crippen LogP contribution < -0.4 is 0 Å². The molecule has 0 unspecified atom stereocenters. The molecule has 0 N–H and O–H groups in total. The van der Waals surface area contributed by atoms with Crippen molar-refractivity contribution >= 4 is 27.4 Å². The van der Waals surface area contributed by atoms with Crippen molar-refractivity contribution in [1.82, 2.24) is 19.3 Å². The second-order valence-electron chi connectivity index (χ2n) is 8.81. The molecular formula is C24H30N4O3S2. The SMILES string of the molecule is Cc1cc(C(=O)CSc2nnc(C[C@@H]3CCS(=O)(=O)C3)n2C)c(C)n1CCc1ccccc1. The summed E-state index contributed by atoms with van der Waals surface area (Å²) in [7, 11) is -1.03. The summed E-state index contributed by atoms with van der Waals surface area (Å²) in [5.74, 6) is 1.71. The van der Waals surface area contributed by atoms with Gasteiger partial charge in [-0.1, -0.05) is 42.1 Å². The van der Waals surface area contributed by atoms with E-state index >= 15 is 0 Å². The molecule has 3 heterocycles. The van der Waals surface area contributed by atoms with E-state index in [-0.39, 0.29) is 29.0 Å². The molecule has 0 bridgehead atoms. The Bertz CT molecular complexity index is 1250. The largest absolute Gasteiger partial charge is 0.348 e. The Morgan fingerprint density at radius 1 is 1.18 bits per heavy atom. The summed E-state index contributed by atoms with van der Waals surface area (Å²) in [6.07, 6.45) is 2.19. The van der Waals surface area contributed by atoms with Crippen LogP contribution >= 0.6 is 11.8 Å². The lowest BCUT2D eigenvalue weighted by Gasteiger charge is -2.10. The number of aryl methyl sites for hydroxylation is 2. The Morgan fingerprint density at radius 2 is 1.94 bits per heavy atom. The van der Waals surface area contributed by atoms with E-state index in [9.17, 15) is 13.2 Å². The van der Waals surface area contributed by atoms with Crippen LogP contribution in [0.5, 0.6) is 0 Å². The van der Waals surface area contributed by atoms with Crippen molar-refractivity contribution in [1.29, 1.82) is 0 Å². The molecule has 33 heavy (non-hydrogen) atoms. The minimum Gasteiger partial charge on any atom is -0.348 e. The zero-order chi connectivity index (χ0) is 23.6. The maximum Gasteiger partial charge on any atom is 0.191 e. The highest BCUT2D eigenvalue weighted by Crippen LogP contribution is 2.25. The average Bonchev–Trinajstić information content (AvgIpc) is 3.41. The molecule has 7 nitrogen and oxygen atoms in total. The van der Waals surface area contributed by atoms with Gasteiger partial charge in [0.25, 0.3) is 0 Å². The Kier molecular flexibility index (Phi) is 7.09. The van der Waals surface area contributed by atoms with Gasteiger partial charge in [0.15, 0.2) is 20.8 Å². The molecule has 176 valence electrons. The number of Topliss-reactive ketones (excluding diaryl/α,β-unsaturated/α-hetero) is 1. The van der Waals surface area contributed by atoms with Gasteiger partial charge in [0.2, 0.25) is 0 Å². The van der Waals surface area contributed by atoms with Crippen LogP contribution in [0, 0.1) is 19.8 Å². The van der Waals surface area contributed by atoms with Crippen LogP contribution in [0.1, 0.15) is 39.6 Å². The van der Waals surface area contributed by atoms with Crippen LogP contribution in [0.3, 0.4) is 0 Å². The molecule has 0 saturated carbocycles. The maximum absolute atomic E-state index is 13.0. The van der Waals surface area contributed by atoms with Crippen LogP contribution in [0.25, 0.3) is 0 Å². The Balaban J connectivity index is 1.37. The number of benzene rings is 1. The Morgan fingerprint density at radius 3 is 2.64 bits per heavy atom. The number of hydrogen-bond acceptors (Lipinski definition) is 6. The third-order valence-corrected chi connectivity index (χ3v) is 9.25. The topological polar surface area (TPSA) is 86.9 Å². The summed E-state index contributed by atoms with van der Waals surface area (Å²) in [5.41, 5.74) is 4.12. The lowest BCUT2D eigenvalue weighted by molar-refractivity contribution is 0.102. The third kappa shape index (κ3) is 5.58. The summed E-state index contributed by atoms with van der Waals surface area (Å²) >= 11 is 1.37. The number of nitrogens with zero attached hydrogens (tertiary/aromatic N) is 4. The standard InChI is InChI=1S/C24H30N4O3S2/c1-17-13-21(18(2)28(17)11-9-19-7-5-4-6-8-19)22(29)15-32-24-26-25-23(27(24)3)14-20-10-12-33(30,31)16-20/h4-8,13,20H,9-12,14-16H2,1-3H3/t20-/m0/s1. The van der Waals surface area contributed by atoms with Gasteiger partial charge in [-0.05, 0) is 44.2 Å². The fourth-order valence-electron chi connectivity index (χ4n) is 4.46. The van der Waals surface area contributed by atoms with E-state index in [1.165, 1.54) is 17.3 Å². The van der Waals surface area contributed by atoms with Gasteiger partial charge in [-0.3, -0.25) is 4.79 Å². The molecule has 1 atom stereocenters. The van der Waals surface area contributed by atoms with Gasteiger partial charge in [-0.25, -0.2) is 8.42 Å². The van der Waals surface area contributed by atoms with Gasteiger partial charge in [0.1, 0.15) is 5.82 Å². The van der Waals surface area contributed by atoms with Gasteiger partial charge in [-0.15, -0.1) is 10.2 Å². The molecule has 1 fully saturated rings. The van der Waals surface area contributed by atoms with Crippen molar-refractivity contribution < 1.29 is 13.2 Å². The van der Waals surface area contributed by atoms with Crippen molar-refractivity contribution in [3.05, 3.63) is 64.7 Å². The molecular weight excluding hydrogens is 456 g/mol. The summed E-state index contributed by atoms with van der Waals surface area (Å²) in [6, 6.07) is 12.3. The first kappa shape index (κ1) is 23.8. The van der Waals surface area contributed by atoms with Crippen molar-refractivity contribution in [2.45, 2.75) is 44.8 Å². The zero-order valence-corrected chi connectivity index (χ0v) is 21.0. The third-order valence-electron chi connectivity index (χ3n) is 6.40. The van der Waals surface area contributed by atoms with E-state index < -0.39 is 9.84 Å². The Labute approximate surface area is 199 Å². The van der Waals surface area contributed by atoms with Crippen molar-refractivity contribution in [2.24, 2.45) is 13.0 Å². The van der Waals surface area contributed by atoms with Crippen LogP contribution in [-0.2, 0) is 36.3 Å². The lowest BCUT2D eigenvalue weighted by atomic mass is 10.1. The van der Waals surface area contributed by atoms with E-state index in [4.69, 9.17) is 0 Å². The predicted molar refractivity (Wildman–Crippen MR) is 131 cm³/mol. The number of carbonyl (C=O) groups is 1. The number of ketones is 1. The van der Waals surface area contributed by atoms with Gasteiger partial charge in [0, 0.05) is 37.0 Å². The van der Waals surface area contributed by atoms with Crippen molar-refractivity contribution in [3.63, 3.8) is 0 Å². The van der Waals surface area contributed by atoms with Gasteiger partial charge in [0.05, 0.1) is 17.3 Å². The molecule has 0 amide bonds. The molecule has 9 heteroatoms. The highest BCUT2D eigenvalue weighted by atomic mass is 32.2. The molecule has 1 aliphatic heterocycles. The van der Waals surface area contributed by atoms with Crippen molar-refractivity contribution in [3.8, 4) is 0 Å². The fraction of sp³-hybridized carbons (Fsp3) is 0.458. The molecule has 1 saturated heterocycles. The van der Waals surface area contributed by atoms with Crippen LogP contribution in [-0.4, -0.2) is 50.8 Å². The molecule has 2 aromatic heterocycles. The smallest absolute Gasteiger partial charge is 0.191 e. The van der Waals surface area contributed by atoms with Crippen LogP contribution in [0.2, 0.25) is 0 Å².